The number of imidazole rings is 1. The van der Waals surface area contributed by atoms with Crippen LogP contribution in [0.5, 0.6) is 0 Å². The summed E-state index contributed by atoms with van der Waals surface area (Å²) < 4.78 is 2.71. The minimum atomic E-state index is -0.677. The molecule has 164 valence electrons. The number of anilines is 1. The number of nitro benzene ring substituents is 1. The number of hydrogen-bond acceptors (Lipinski definition) is 7. The third-order valence-electron chi connectivity index (χ3n) is 6.25. The van der Waals surface area contributed by atoms with E-state index in [1.54, 1.807) is 25.3 Å². The average Bonchev–Trinajstić information content (AvgIpc) is 3.00. The average molecular weight is 434 g/mol. The molecule has 3 N–H and O–H groups in total. The fourth-order valence-electron chi connectivity index (χ4n) is 4.77. The molecule has 1 unspecified atom stereocenters. The Hall–Kier alpha value is -3.95. The van der Waals surface area contributed by atoms with E-state index >= 15 is 0 Å². The first-order valence-electron chi connectivity index (χ1n) is 10.2. The number of aromatic nitrogens is 3. The molecule has 0 saturated heterocycles. The quantitative estimate of drug-likeness (QED) is 0.359. The predicted octanol–water partition coefficient (Wildman–Crippen LogP) is 2.63. The van der Waals surface area contributed by atoms with Crippen molar-refractivity contribution in [1.29, 1.82) is 0 Å². The van der Waals surface area contributed by atoms with E-state index in [1.807, 2.05) is 13.8 Å². The van der Waals surface area contributed by atoms with Crippen LogP contribution in [0.1, 0.15) is 49.4 Å². The van der Waals surface area contributed by atoms with Gasteiger partial charge in [-0.3, -0.25) is 19.7 Å². The first-order chi connectivity index (χ1) is 15.1. The summed E-state index contributed by atoms with van der Waals surface area (Å²) >= 11 is 0. The van der Waals surface area contributed by atoms with Gasteiger partial charge in [-0.05, 0) is 24.3 Å². The van der Waals surface area contributed by atoms with Gasteiger partial charge in [-0.1, -0.05) is 26.0 Å². The van der Waals surface area contributed by atoms with Gasteiger partial charge in [0.05, 0.1) is 16.2 Å². The van der Waals surface area contributed by atoms with E-state index in [-0.39, 0.29) is 28.2 Å². The summed E-state index contributed by atoms with van der Waals surface area (Å²) in [5, 5.41) is 14.4. The van der Waals surface area contributed by atoms with Crippen LogP contribution in [0.3, 0.4) is 0 Å². The molecule has 1 aliphatic carbocycles. The van der Waals surface area contributed by atoms with Gasteiger partial charge in [0.2, 0.25) is 5.78 Å². The van der Waals surface area contributed by atoms with Crippen molar-refractivity contribution in [2.24, 2.45) is 5.41 Å². The summed E-state index contributed by atoms with van der Waals surface area (Å²) in [6, 6.07) is 5.98. The molecule has 10 heteroatoms. The summed E-state index contributed by atoms with van der Waals surface area (Å²) in [4.78, 5) is 42.1. The molecule has 2 aromatic heterocycles. The molecule has 0 spiro atoms. The van der Waals surface area contributed by atoms with E-state index < -0.39 is 10.8 Å². The molecule has 32 heavy (non-hydrogen) atoms. The van der Waals surface area contributed by atoms with E-state index in [9.17, 15) is 19.7 Å². The number of aryl methyl sites for hydroxylation is 1. The van der Waals surface area contributed by atoms with Gasteiger partial charge in [-0.15, -0.1) is 0 Å². The summed E-state index contributed by atoms with van der Waals surface area (Å²) in [5.74, 6) is 5.98. The Morgan fingerprint density at radius 1 is 1.22 bits per heavy atom. The number of carbonyl (C=O) groups excluding carboxylic acids is 1. The Balaban J connectivity index is 1.80. The standard InChI is InChI=1S/C22H22N6O4/c1-11-10-26-20(30)18-16(12-4-6-13(7-5-12)28(31)32)17-14(8-22(2,3)9-15(17)29)24-19(18)25-21(26)27(11)23/h4-7,10,16,24H,8-9,23H2,1-3H3. The van der Waals surface area contributed by atoms with Crippen LogP contribution in [-0.4, -0.2) is 24.8 Å². The number of non-ortho nitro benzene ring substituents is 1. The normalized spacial score (nSPS) is 19.5. The third-order valence-corrected chi connectivity index (χ3v) is 6.25. The molecule has 0 fully saturated rings. The number of nitrogens with zero attached hydrogens (tertiary/aromatic N) is 4. The lowest BCUT2D eigenvalue weighted by atomic mass is 9.69. The monoisotopic (exact) mass is 434 g/mol. The fourth-order valence-corrected chi connectivity index (χ4v) is 4.77. The number of Topliss-reactive ketones (excluding diaryl/α,β-unsaturated/α-hetero) is 1. The highest BCUT2D eigenvalue weighted by molar-refractivity contribution is 6.01. The maximum absolute atomic E-state index is 13.6. The highest BCUT2D eigenvalue weighted by Crippen LogP contribution is 2.47. The van der Waals surface area contributed by atoms with Gasteiger partial charge in [-0.25, -0.2) is 9.08 Å². The molecular formula is C22H22N6O4. The number of allylic oxidation sites excluding steroid dienone is 2. The Labute approximate surface area is 182 Å². The van der Waals surface area contributed by atoms with Crippen LogP contribution >= 0.6 is 0 Å². The molecule has 5 rings (SSSR count). The Bertz CT molecular complexity index is 1410. The summed E-state index contributed by atoms with van der Waals surface area (Å²) in [7, 11) is 0. The van der Waals surface area contributed by atoms with E-state index in [2.05, 4.69) is 10.3 Å². The van der Waals surface area contributed by atoms with Crippen LogP contribution < -0.4 is 16.7 Å². The number of ketones is 1. The Kier molecular flexibility index (Phi) is 4.07. The number of nitrogens with two attached hydrogens (primary N) is 1. The maximum Gasteiger partial charge on any atom is 0.269 e. The van der Waals surface area contributed by atoms with Crippen LogP contribution in [0.25, 0.3) is 5.78 Å². The Morgan fingerprint density at radius 3 is 2.56 bits per heavy atom. The number of hydrogen-bond donors (Lipinski definition) is 2. The molecule has 2 aliphatic rings. The topological polar surface area (TPSA) is 138 Å². The molecule has 3 aromatic rings. The molecule has 3 heterocycles. The van der Waals surface area contributed by atoms with Gasteiger partial charge in [0.25, 0.3) is 11.2 Å². The van der Waals surface area contributed by atoms with E-state index in [1.165, 1.54) is 21.2 Å². The van der Waals surface area contributed by atoms with Crippen molar-refractivity contribution in [3.05, 3.63) is 79.0 Å². The molecule has 1 aromatic carbocycles. The zero-order valence-corrected chi connectivity index (χ0v) is 17.9. The largest absolute Gasteiger partial charge is 0.343 e. The second-order valence-electron chi connectivity index (χ2n) is 9.23. The SMILES string of the molecule is Cc1cn2c(=O)c3c(nc2n1N)NC1=C(C(=O)CC(C)(C)C1)C3c1ccc([N+](=O)[O-])cc1. The second kappa shape index (κ2) is 6.52. The second-order valence-corrected chi connectivity index (χ2v) is 9.23. The molecule has 0 saturated carbocycles. The van der Waals surface area contributed by atoms with Crippen molar-refractivity contribution >= 4 is 23.1 Å². The zero-order chi connectivity index (χ0) is 22.9. The molecule has 10 nitrogen and oxygen atoms in total. The fraction of sp³-hybridized carbons (Fsp3) is 0.318. The third kappa shape index (κ3) is 2.83. The van der Waals surface area contributed by atoms with Crippen molar-refractivity contribution in [3.8, 4) is 0 Å². The number of nitro groups is 1. The smallest absolute Gasteiger partial charge is 0.269 e. The van der Waals surface area contributed by atoms with Gasteiger partial charge in [0, 0.05) is 41.9 Å². The van der Waals surface area contributed by atoms with Gasteiger partial charge < -0.3 is 11.2 Å². The van der Waals surface area contributed by atoms with Crippen LogP contribution in [0.2, 0.25) is 0 Å². The minimum Gasteiger partial charge on any atom is -0.343 e. The maximum atomic E-state index is 13.6. The highest BCUT2D eigenvalue weighted by Gasteiger charge is 2.42. The number of benzene rings is 1. The molecule has 0 amide bonds. The highest BCUT2D eigenvalue weighted by atomic mass is 16.6. The van der Waals surface area contributed by atoms with Crippen molar-refractivity contribution in [2.45, 2.75) is 39.5 Å². The lowest BCUT2D eigenvalue weighted by Crippen LogP contribution is -2.37. The molecule has 1 aliphatic heterocycles. The summed E-state index contributed by atoms with van der Waals surface area (Å²) in [6.07, 6.45) is 2.57. The van der Waals surface area contributed by atoms with E-state index in [4.69, 9.17) is 5.84 Å². The minimum absolute atomic E-state index is 0.0465. The molecule has 0 bridgehead atoms. The number of carbonyl (C=O) groups is 1. The molecule has 0 radical (unpaired) electrons. The van der Waals surface area contributed by atoms with Crippen LogP contribution in [0.15, 0.2) is 46.5 Å². The zero-order valence-electron chi connectivity index (χ0n) is 17.9. The van der Waals surface area contributed by atoms with E-state index in [0.717, 1.165) is 5.70 Å². The van der Waals surface area contributed by atoms with Crippen molar-refractivity contribution in [3.63, 3.8) is 0 Å². The van der Waals surface area contributed by atoms with Crippen LogP contribution in [0.4, 0.5) is 11.5 Å². The van der Waals surface area contributed by atoms with Crippen LogP contribution in [0, 0.1) is 22.5 Å². The summed E-state index contributed by atoms with van der Waals surface area (Å²) in [5.41, 5.74) is 2.21. The number of nitrogens with one attached hydrogen (secondary N) is 1. The van der Waals surface area contributed by atoms with Crippen molar-refractivity contribution in [1.82, 2.24) is 14.1 Å². The molecule has 1 atom stereocenters. The number of rotatable bonds is 2. The van der Waals surface area contributed by atoms with Gasteiger partial charge in [0.1, 0.15) is 5.82 Å². The molecular weight excluding hydrogens is 412 g/mol. The van der Waals surface area contributed by atoms with Gasteiger partial charge in [0.15, 0.2) is 5.78 Å². The lowest BCUT2D eigenvalue weighted by molar-refractivity contribution is -0.384. The van der Waals surface area contributed by atoms with E-state index in [0.29, 0.717) is 41.1 Å². The number of fused-ring (bicyclic) bond motifs is 2. The predicted molar refractivity (Wildman–Crippen MR) is 118 cm³/mol. The van der Waals surface area contributed by atoms with Gasteiger partial charge >= 0.3 is 0 Å². The first kappa shape index (κ1) is 20.0. The lowest BCUT2D eigenvalue weighted by Gasteiger charge is -2.38. The first-order valence-corrected chi connectivity index (χ1v) is 10.2. The van der Waals surface area contributed by atoms with Gasteiger partial charge in [-0.2, -0.15) is 4.98 Å². The Morgan fingerprint density at radius 2 is 1.91 bits per heavy atom. The van der Waals surface area contributed by atoms with Crippen LogP contribution in [-0.2, 0) is 4.79 Å². The van der Waals surface area contributed by atoms with Crippen molar-refractivity contribution in [2.75, 3.05) is 11.2 Å². The number of nitrogen functional groups attached to an aromatic ring is 1. The van der Waals surface area contributed by atoms with Crippen molar-refractivity contribution < 1.29 is 9.72 Å². The summed E-state index contributed by atoms with van der Waals surface area (Å²) in [6.45, 7) is 5.81.